The van der Waals surface area contributed by atoms with E-state index in [2.05, 4.69) is 10.0 Å². The van der Waals surface area contributed by atoms with E-state index in [0.717, 1.165) is 16.5 Å². The predicted octanol–water partition coefficient (Wildman–Crippen LogP) is 4.46. The molecular formula is C25H24ClN3O4S. The van der Waals surface area contributed by atoms with Crippen LogP contribution in [-0.2, 0) is 27.8 Å². The lowest BCUT2D eigenvalue weighted by atomic mass is 10.1. The topological polar surface area (TPSA) is 89.4 Å². The van der Waals surface area contributed by atoms with Gasteiger partial charge in [-0.2, -0.15) is 0 Å². The Labute approximate surface area is 203 Å². The summed E-state index contributed by atoms with van der Waals surface area (Å²) < 4.78 is 34.8. The highest BCUT2D eigenvalue weighted by molar-refractivity contribution is 7.89. The first-order valence-corrected chi connectivity index (χ1v) is 12.5. The summed E-state index contributed by atoms with van der Waals surface area (Å²) in [5, 5.41) is 4.44. The van der Waals surface area contributed by atoms with Crippen LogP contribution in [0.15, 0.2) is 83.9 Å². The van der Waals surface area contributed by atoms with Crippen LogP contribution in [0.2, 0.25) is 5.02 Å². The monoisotopic (exact) mass is 497 g/mol. The Kier molecular flexibility index (Phi) is 7.21. The molecule has 9 heteroatoms. The summed E-state index contributed by atoms with van der Waals surface area (Å²) in [5.41, 5.74) is 2.52. The van der Waals surface area contributed by atoms with E-state index in [1.807, 2.05) is 35.0 Å². The van der Waals surface area contributed by atoms with E-state index in [0.29, 0.717) is 22.9 Å². The van der Waals surface area contributed by atoms with Crippen molar-refractivity contribution < 1.29 is 17.9 Å². The van der Waals surface area contributed by atoms with Crippen molar-refractivity contribution in [1.82, 2.24) is 9.29 Å². The van der Waals surface area contributed by atoms with Crippen LogP contribution in [0.3, 0.4) is 0 Å². The van der Waals surface area contributed by atoms with Crippen LogP contribution in [0.1, 0.15) is 5.56 Å². The molecule has 1 heterocycles. The average Bonchev–Trinajstić information content (AvgIpc) is 3.17. The lowest BCUT2D eigenvalue weighted by Gasteiger charge is -2.08. The highest BCUT2D eigenvalue weighted by Gasteiger charge is 2.15. The highest BCUT2D eigenvalue weighted by atomic mass is 35.5. The van der Waals surface area contributed by atoms with Gasteiger partial charge in [0.15, 0.2) is 0 Å². The molecule has 176 valence electrons. The number of amides is 1. The summed E-state index contributed by atoms with van der Waals surface area (Å²) in [7, 11) is -2.12. The normalized spacial score (nSPS) is 11.5. The fourth-order valence-corrected chi connectivity index (χ4v) is 4.86. The van der Waals surface area contributed by atoms with Gasteiger partial charge in [0.25, 0.3) is 0 Å². The fraction of sp³-hybridized carbons (Fsp3) is 0.160. The van der Waals surface area contributed by atoms with Crippen LogP contribution >= 0.6 is 11.6 Å². The van der Waals surface area contributed by atoms with Gasteiger partial charge in [0.05, 0.1) is 12.0 Å². The molecule has 0 aliphatic carbocycles. The Morgan fingerprint density at radius 3 is 2.41 bits per heavy atom. The van der Waals surface area contributed by atoms with Gasteiger partial charge < -0.3 is 14.6 Å². The van der Waals surface area contributed by atoms with Gasteiger partial charge >= 0.3 is 0 Å². The first kappa shape index (κ1) is 23.8. The second kappa shape index (κ2) is 10.3. The number of para-hydroxylation sites is 1. The number of hydrogen-bond acceptors (Lipinski definition) is 4. The van der Waals surface area contributed by atoms with Gasteiger partial charge in [-0.25, -0.2) is 13.1 Å². The van der Waals surface area contributed by atoms with Crippen molar-refractivity contribution in [2.45, 2.75) is 17.9 Å². The van der Waals surface area contributed by atoms with Gasteiger partial charge in [-0.05, 0) is 66.6 Å². The summed E-state index contributed by atoms with van der Waals surface area (Å²) in [6.45, 7) is 0.347. The van der Waals surface area contributed by atoms with E-state index in [-0.39, 0.29) is 23.9 Å². The van der Waals surface area contributed by atoms with Gasteiger partial charge in [-0.15, -0.1) is 0 Å². The minimum Gasteiger partial charge on any atom is -0.497 e. The Balaban J connectivity index is 1.44. The van der Waals surface area contributed by atoms with Crippen molar-refractivity contribution in [3.63, 3.8) is 0 Å². The van der Waals surface area contributed by atoms with Gasteiger partial charge in [0, 0.05) is 34.4 Å². The molecule has 0 aliphatic heterocycles. The Morgan fingerprint density at radius 2 is 1.71 bits per heavy atom. The highest BCUT2D eigenvalue weighted by Crippen LogP contribution is 2.22. The molecule has 0 saturated carbocycles. The molecule has 34 heavy (non-hydrogen) atoms. The fourth-order valence-electron chi connectivity index (χ4n) is 3.70. The number of benzene rings is 3. The first-order valence-electron chi connectivity index (χ1n) is 10.6. The first-order chi connectivity index (χ1) is 16.4. The smallest absolute Gasteiger partial charge is 0.244 e. The van der Waals surface area contributed by atoms with Crippen molar-refractivity contribution in [3.05, 3.63) is 89.6 Å². The van der Waals surface area contributed by atoms with Gasteiger partial charge in [-0.1, -0.05) is 29.8 Å². The summed E-state index contributed by atoms with van der Waals surface area (Å²) >= 11 is 5.90. The number of nitrogens with one attached hydrogen (secondary N) is 2. The molecule has 7 nitrogen and oxygen atoms in total. The van der Waals surface area contributed by atoms with E-state index in [9.17, 15) is 13.2 Å². The molecule has 0 unspecified atom stereocenters. The van der Waals surface area contributed by atoms with Gasteiger partial charge in [-0.3, -0.25) is 4.79 Å². The van der Waals surface area contributed by atoms with Crippen molar-refractivity contribution in [3.8, 4) is 5.75 Å². The summed E-state index contributed by atoms with van der Waals surface area (Å²) in [6.07, 6.45) is 2.37. The average molecular weight is 498 g/mol. The molecule has 0 radical (unpaired) electrons. The van der Waals surface area contributed by atoms with E-state index in [1.54, 1.807) is 36.4 Å². The maximum absolute atomic E-state index is 12.6. The Bertz CT molecular complexity index is 1400. The number of sulfonamides is 1. The standard InChI is InChI=1S/C25H24ClN3O4S/c1-33-21-10-12-22(13-11-21)34(31,32)27-15-14-18-16-29(24-5-3-2-4-23(18)24)17-25(30)28-20-8-6-19(26)7-9-20/h2-13,16,27H,14-15,17H2,1H3,(H,28,30). The number of hydrogen-bond donors (Lipinski definition) is 2. The number of halogens is 1. The Morgan fingerprint density at radius 1 is 1.00 bits per heavy atom. The quantitative estimate of drug-likeness (QED) is 0.357. The molecule has 0 saturated heterocycles. The lowest BCUT2D eigenvalue weighted by Crippen LogP contribution is -2.26. The molecule has 3 aromatic carbocycles. The SMILES string of the molecule is COc1ccc(S(=O)(=O)NCCc2cn(CC(=O)Nc3ccc(Cl)cc3)c3ccccc23)cc1. The molecular weight excluding hydrogens is 474 g/mol. The molecule has 1 amide bonds. The van der Waals surface area contributed by atoms with Crippen LogP contribution in [0.4, 0.5) is 5.69 Å². The maximum atomic E-state index is 12.6. The van der Waals surface area contributed by atoms with Crippen LogP contribution in [0.25, 0.3) is 10.9 Å². The van der Waals surface area contributed by atoms with Crippen molar-refractivity contribution in [1.29, 1.82) is 0 Å². The number of carbonyl (C=O) groups is 1. The third kappa shape index (κ3) is 5.59. The molecule has 4 aromatic rings. The minimum atomic E-state index is -3.64. The zero-order valence-electron chi connectivity index (χ0n) is 18.5. The molecule has 0 aliphatic rings. The summed E-state index contributed by atoms with van der Waals surface area (Å²) in [5.74, 6) is 0.418. The summed E-state index contributed by atoms with van der Waals surface area (Å²) in [4.78, 5) is 12.8. The number of rotatable bonds is 9. The van der Waals surface area contributed by atoms with E-state index < -0.39 is 10.0 Å². The van der Waals surface area contributed by atoms with Crippen molar-refractivity contribution in [2.75, 3.05) is 19.0 Å². The van der Waals surface area contributed by atoms with Crippen LogP contribution in [0, 0.1) is 0 Å². The van der Waals surface area contributed by atoms with Crippen LogP contribution < -0.4 is 14.8 Å². The molecule has 0 atom stereocenters. The van der Waals surface area contributed by atoms with Crippen LogP contribution in [-0.4, -0.2) is 32.5 Å². The van der Waals surface area contributed by atoms with Crippen molar-refractivity contribution >= 4 is 44.1 Å². The lowest BCUT2D eigenvalue weighted by molar-refractivity contribution is -0.116. The van der Waals surface area contributed by atoms with Gasteiger partial charge in [0.2, 0.25) is 15.9 Å². The number of methoxy groups -OCH3 is 1. The number of fused-ring (bicyclic) bond motifs is 1. The van der Waals surface area contributed by atoms with Crippen molar-refractivity contribution in [2.24, 2.45) is 0 Å². The second-order valence-corrected chi connectivity index (χ2v) is 9.88. The van der Waals surface area contributed by atoms with Crippen LogP contribution in [0.5, 0.6) is 5.75 Å². The van der Waals surface area contributed by atoms with E-state index in [1.165, 1.54) is 19.2 Å². The second-order valence-electron chi connectivity index (χ2n) is 7.68. The Hall–Kier alpha value is -3.33. The number of anilines is 1. The molecule has 0 bridgehead atoms. The summed E-state index contributed by atoms with van der Waals surface area (Å²) in [6, 6.07) is 20.9. The molecule has 2 N–H and O–H groups in total. The molecule has 4 rings (SSSR count). The minimum absolute atomic E-state index is 0.126. The zero-order valence-corrected chi connectivity index (χ0v) is 20.1. The van der Waals surface area contributed by atoms with Gasteiger partial charge in [0.1, 0.15) is 12.3 Å². The predicted molar refractivity (Wildman–Crippen MR) is 134 cm³/mol. The maximum Gasteiger partial charge on any atom is 0.244 e. The van der Waals surface area contributed by atoms with E-state index in [4.69, 9.17) is 16.3 Å². The molecule has 0 spiro atoms. The van der Waals surface area contributed by atoms with E-state index >= 15 is 0 Å². The number of carbonyl (C=O) groups excluding carboxylic acids is 1. The number of nitrogens with zero attached hydrogens (tertiary/aromatic N) is 1. The number of ether oxygens (including phenoxy) is 1. The largest absolute Gasteiger partial charge is 0.497 e. The third-order valence-electron chi connectivity index (χ3n) is 5.37. The molecule has 0 fully saturated rings. The zero-order chi connectivity index (χ0) is 24.1. The number of aromatic nitrogens is 1. The third-order valence-corrected chi connectivity index (χ3v) is 7.10. The molecule has 1 aromatic heterocycles.